The highest BCUT2D eigenvalue weighted by Crippen LogP contribution is 2.25. The van der Waals surface area contributed by atoms with Gasteiger partial charge in [-0.2, -0.15) is 0 Å². The highest BCUT2D eigenvalue weighted by molar-refractivity contribution is 7.96. The zero-order valence-electron chi connectivity index (χ0n) is 11.3. The molecule has 112 valence electrons. The summed E-state index contributed by atoms with van der Waals surface area (Å²) in [4.78, 5) is 0.186. The van der Waals surface area contributed by atoms with E-state index in [0.29, 0.717) is 6.54 Å². The van der Waals surface area contributed by atoms with Crippen LogP contribution in [0, 0.1) is 0 Å². The van der Waals surface area contributed by atoms with Crippen LogP contribution in [0.2, 0.25) is 0 Å². The molecule has 0 bridgehead atoms. The first-order valence-corrected chi connectivity index (χ1v) is 9.96. The van der Waals surface area contributed by atoms with Crippen molar-refractivity contribution in [2.75, 3.05) is 18.1 Å². The van der Waals surface area contributed by atoms with Crippen molar-refractivity contribution in [3.63, 3.8) is 0 Å². The quantitative estimate of drug-likeness (QED) is 0.861. The van der Waals surface area contributed by atoms with Gasteiger partial charge in [0, 0.05) is 6.04 Å². The lowest BCUT2D eigenvalue weighted by molar-refractivity contribution is 0.525. The minimum Gasteiger partial charge on any atom is -0.312 e. The second-order valence-electron chi connectivity index (χ2n) is 5.03. The molecule has 1 fully saturated rings. The van der Waals surface area contributed by atoms with Crippen LogP contribution in [-0.2, 0) is 19.7 Å². The van der Waals surface area contributed by atoms with Crippen molar-refractivity contribution in [1.82, 2.24) is 5.32 Å². The Bertz CT molecular complexity index is 653. The number of hydrogen-bond donors (Lipinski definition) is 1. The average Bonchev–Trinajstić information content (AvgIpc) is 2.73. The minimum absolute atomic E-state index is 0.107. The third-order valence-corrected chi connectivity index (χ3v) is 7.59. The van der Waals surface area contributed by atoms with Crippen LogP contribution in [0.1, 0.15) is 13.3 Å². The van der Waals surface area contributed by atoms with Crippen molar-refractivity contribution in [1.29, 1.82) is 0 Å². The van der Waals surface area contributed by atoms with Crippen LogP contribution in [0.3, 0.4) is 0 Å². The fraction of sp³-hybridized carbons (Fsp3) is 0.538. The van der Waals surface area contributed by atoms with E-state index < -0.39 is 31.0 Å². The lowest BCUT2D eigenvalue weighted by Gasteiger charge is -2.19. The summed E-state index contributed by atoms with van der Waals surface area (Å²) in [5.74, 6) is -0.407. The molecule has 0 aromatic heterocycles. The summed E-state index contributed by atoms with van der Waals surface area (Å²) >= 11 is 0. The fourth-order valence-electron chi connectivity index (χ4n) is 2.43. The average molecular weight is 317 g/mol. The zero-order valence-corrected chi connectivity index (χ0v) is 13.0. The Hall–Kier alpha value is -0.920. The topological polar surface area (TPSA) is 80.3 Å². The van der Waals surface area contributed by atoms with E-state index in [1.807, 2.05) is 6.92 Å². The molecular weight excluding hydrogens is 298 g/mol. The van der Waals surface area contributed by atoms with Crippen LogP contribution in [0.25, 0.3) is 0 Å². The summed E-state index contributed by atoms with van der Waals surface area (Å²) in [5.41, 5.74) is 0. The first-order chi connectivity index (χ1) is 9.37. The van der Waals surface area contributed by atoms with E-state index in [-0.39, 0.29) is 16.4 Å². The van der Waals surface area contributed by atoms with Gasteiger partial charge in [0.1, 0.15) is 0 Å². The van der Waals surface area contributed by atoms with Gasteiger partial charge < -0.3 is 5.32 Å². The molecule has 1 saturated heterocycles. The van der Waals surface area contributed by atoms with Crippen LogP contribution in [0.5, 0.6) is 0 Å². The van der Waals surface area contributed by atoms with E-state index in [4.69, 9.17) is 0 Å². The molecule has 2 rings (SSSR count). The number of sulfone groups is 2. The van der Waals surface area contributed by atoms with Gasteiger partial charge in [-0.15, -0.1) is 0 Å². The van der Waals surface area contributed by atoms with Crippen molar-refractivity contribution in [3.05, 3.63) is 30.3 Å². The molecule has 20 heavy (non-hydrogen) atoms. The summed E-state index contributed by atoms with van der Waals surface area (Å²) in [6.07, 6.45) is 0.828. The normalized spacial score (nSPS) is 25.6. The predicted molar refractivity (Wildman–Crippen MR) is 78.2 cm³/mol. The maximum absolute atomic E-state index is 12.6. The van der Waals surface area contributed by atoms with Crippen molar-refractivity contribution in [3.8, 4) is 0 Å². The molecule has 1 aliphatic heterocycles. The molecule has 0 spiro atoms. The second-order valence-corrected chi connectivity index (χ2v) is 9.35. The Balaban J connectivity index is 2.33. The maximum atomic E-state index is 12.6. The van der Waals surface area contributed by atoms with Gasteiger partial charge in [0.05, 0.1) is 21.7 Å². The van der Waals surface area contributed by atoms with Gasteiger partial charge in [-0.05, 0) is 25.1 Å². The van der Waals surface area contributed by atoms with Gasteiger partial charge in [-0.1, -0.05) is 25.1 Å². The molecule has 1 aromatic carbocycles. The SMILES string of the molecule is CCCN[C@@H]1CS(=O)(=O)C[C@H]1S(=O)(=O)c1ccccc1. The van der Waals surface area contributed by atoms with Gasteiger partial charge >= 0.3 is 0 Å². The molecule has 7 heteroatoms. The number of benzene rings is 1. The molecule has 1 heterocycles. The fourth-order valence-corrected chi connectivity index (χ4v) is 7.16. The van der Waals surface area contributed by atoms with Crippen molar-refractivity contribution in [2.24, 2.45) is 0 Å². The Morgan fingerprint density at radius 1 is 1.20 bits per heavy atom. The number of hydrogen-bond acceptors (Lipinski definition) is 5. The molecule has 0 saturated carbocycles. The smallest absolute Gasteiger partial charge is 0.183 e. The summed E-state index contributed by atoms with van der Waals surface area (Å²) in [6.45, 7) is 2.57. The molecular formula is C13H19NO4S2. The second kappa shape index (κ2) is 5.83. The van der Waals surface area contributed by atoms with Crippen molar-refractivity contribution >= 4 is 19.7 Å². The van der Waals surface area contributed by atoms with Crippen molar-refractivity contribution < 1.29 is 16.8 Å². The van der Waals surface area contributed by atoms with E-state index in [1.165, 1.54) is 12.1 Å². The van der Waals surface area contributed by atoms with Crippen molar-refractivity contribution in [2.45, 2.75) is 29.5 Å². The molecule has 0 aliphatic carbocycles. The zero-order chi connectivity index (χ0) is 14.8. The van der Waals surface area contributed by atoms with Crippen LogP contribution in [0.4, 0.5) is 0 Å². The lowest BCUT2D eigenvalue weighted by atomic mass is 10.2. The van der Waals surface area contributed by atoms with E-state index in [1.54, 1.807) is 18.2 Å². The van der Waals surface area contributed by atoms with Gasteiger partial charge in [-0.25, -0.2) is 16.8 Å². The van der Waals surface area contributed by atoms with E-state index in [2.05, 4.69) is 5.32 Å². The van der Waals surface area contributed by atoms with E-state index >= 15 is 0 Å². The van der Waals surface area contributed by atoms with Gasteiger partial charge in [0.25, 0.3) is 0 Å². The van der Waals surface area contributed by atoms with Gasteiger partial charge in [-0.3, -0.25) is 0 Å². The molecule has 0 radical (unpaired) electrons. The molecule has 2 atom stereocenters. The molecule has 1 aromatic rings. The van der Waals surface area contributed by atoms with Gasteiger partial charge in [0.15, 0.2) is 19.7 Å². The van der Waals surface area contributed by atoms with E-state index in [0.717, 1.165) is 6.42 Å². The molecule has 5 nitrogen and oxygen atoms in total. The minimum atomic E-state index is -3.63. The third-order valence-electron chi connectivity index (χ3n) is 3.43. The first kappa shape index (κ1) is 15.5. The highest BCUT2D eigenvalue weighted by atomic mass is 32.2. The Morgan fingerprint density at radius 3 is 2.45 bits per heavy atom. The maximum Gasteiger partial charge on any atom is 0.183 e. The summed E-state index contributed by atoms with van der Waals surface area (Å²) in [5, 5.41) is 2.15. The Kier molecular flexibility index (Phi) is 4.51. The molecule has 0 unspecified atom stereocenters. The molecule has 1 aliphatic rings. The Morgan fingerprint density at radius 2 is 1.85 bits per heavy atom. The summed E-state index contributed by atoms with van der Waals surface area (Å²) < 4.78 is 48.8. The third kappa shape index (κ3) is 3.21. The lowest BCUT2D eigenvalue weighted by Crippen LogP contribution is -2.43. The largest absolute Gasteiger partial charge is 0.312 e. The summed E-state index contributed by atoms with van der Waals surface area (Å²) in [7, 11) is -6.94. The molecule has 1 N–H and O–H groups in total. The van der Waals surface area contributed by atoms with Gasteiger partial charge in [0.2, 0.25) is 0 Å². The van der Waals surface area contributed by atoms with Crippen LogP contribution >= 0.6 is 0 Å². The van der Waals surface area contributed by atoms with Crippen LogP contribution in [0.15, 0.2) is 35.2 Å². The first-order valence-electron chi connectivity index (χ1n) is 6.59. The Labute approximate surface area is 120 Å². The predicted octanol–water partition coefficient (Wildman–Crippen LogP) is 0.626. The number of nitrogens with one attached hydrogen (secondary N) is 1. The number of rotatable bonds is 5. The van der Waals surface area contributed by atoms with Crippen LogP contribution in [-0.4, -0.2) is 46.2 Å². The highest BCUT2D eigenvalue weighted by Gasteiger charge is 2.45. The van der Waals surface area contributed by atoms with Crippen LogP contribution < -0.4 is 5.32 Å². The monoisotopic (exact) mass is 317 g/mol. The van der Waals surface area contributed by atoms with E-state index in [9.17, 15) is 16.8 Å². The molecule has 0 amide bonds. The summed E-state index contributed by atoms with van der Waals surface area (Å²) in [6, 6.07) is 7.52. The standard InChI is InChI=1S/C13H19NO4S2/c1-2-8-14-12-9-19(15,16)10-13(12)20(17,18)11-6-4-3-5-7-11/h3-7,12-14H,2,8-10H2,1H3/t12-,13-/m1/s1.